The van der Waals surface area contributed by atoms with Gasteiger partial charge in [-0.15, -0.1) is 0 Å². The van der Waals surface area contributed by atoms with Crippen LogP contribution in [0.3, 0.4) is 0 Å². The van der Waals surface area contributed by atoms with Gasteiger partial charge in [0.25, 0.3) is 0 Å². The van der Waals surface area contributed by atoms with Crippen LogP contribution in [-0.2, 0) is 5.41 Å². The van der Waals surface area contributed by atoms with Crippen molar-refractivity contribution in [3.8, 4) is 27.9 Å². The summed E-state index contributed by atoms with van der Waals surface area (Å²) in [6, 6.07) is 93.9. The summed E-state index contributed by atoms with van der Waals surface area (Å²) in [4.78, 5) is 2.43. The summed E-state index contributed by atoms with van der Waals surface area (Å²) in [5.74, 6) is 0. The highest BCUT2D eigenvalue weighted by Crippen LogP contribution is 2.57. The lowest BCUT2D eigenvalue weighted by Gasteiger charge is -2.35. The molecule has 13 rings (SSSR count). The van der Waals surface area contributed by atoms with Gasteiger partial charge < -0.3 is 9.47 Å². The molecule has 0 fully saturated rings. The fourth-order valence-electron chi connectivity index (χ4n) is 11.1. The zero-order valence-corrected chi connectivity index (χ0v) is 35.6. The number of aromatic nitrogens is 1. The van der Waals surface area contributed by atoms with Crippen LogP contribution in [0.25, 0.3) is 71.3 Å². The van der Waals surface area contributed by atoms with Gasteiger partial charge in [0.05, 0.1) is 16.4 Å². The van der Waals surface area contributed by atoms with Crippen molar-refractivity contribution in [3.63, 3.8) is 0 Å². The Morgan fingerprint density at radius 2 is 0.831 bits per heavy atom. The van der Waals surface area contributed by atoms with E-state index in [4.69, 9.17) is 0 Å². The molecule has 0 spiro atoms. The molecule has 0 N–H and O–H groups in total. The monoisotopic (exact) mass is 826 g/mol. The van der Waals surface area contributed by atoms with E-state index in [-0.39, 0.29) is 0 Å². The van der Waals surface area contributed by atoms with Crippen molar-refractivity contribution in [3.05, 3.63) is 277 Å². The molecule has 0 atom stereocenters. The molecule has 11 aromatic carbocycles. The molecule has 0 unspecified atom stereocenters. The van der Waals surface area contributed by atoms with E-state index in [0.717, 1.165) is 22.7 Å². The normalized spacial score (nSPS) is 12.7. The number of fused-ring (bicyclic) bond motifs is 9. The maximum absolute atomic E-state index is 2.46. The molecule has 0 saturated heterocycles. The highest BCUT2D eigenvalue weighted by molar-refractivity contribution is 6.12. The third-order valence-corrected chi connectivity index (χ3v) is 13.9. The summed E-state index contributed by atoms with van der Waals surface area (Å²) in [7, 11) is 0. The molecule has 0 bridgehead atoms. The topological polar surface area (TPSA) is 8.17 Å². The fourth-order valence-corrected chi connectivity index (χ4v) is 11.1. The van der Waals surface area contributed by atoms with Crippen LogP contribution in [0.1, 0.15) is 22.3 Å². The van der Waals surface area contributed by atoms with E-state index >= 15 is 0 Å². The SMILES string of the molecule is c1ccc(C2(c3ccccc3)c3ccccc3-c3ccc(N(c4ccc(-c5cccc6c5ccc5ccccc56)cc4)c4ccc(-n5c6ccccc6c6ccccc65)cc4)cc32)cc1. The van der Waals surface area contributed by atoms with Crippen LogP contribution in [0.15, 0.2) is 255 Å². The van der Waals surface area contributed by atoms with Crippen LogP contribution >= 0.6 is 0 Å². The Bertz CT molecular complexity index is 3660. The molecule has 0 radical (unpaired) electrons. The zero-order valence-electron chi connectivity index (χ0n) is 35.6. The predicted octanol–water partition coefficient (Wildman–Crippen LogP) is 16.6. The number of para-hydroxylation sites is 2. The number of hydrogen-bond acceptors (Lipinski definition) is 1. The van der Waals surface area contributed by atoms with Gasteiger partial charge in [-0.3, -0.25) is 0 Å². The predicted molar refractivity (Wildman–Crippen MR) is 273 cm³/mol. The summed E-state index contributed by atoms with van der Waals surface area (Å²) < 4.78 is 2.39. The molecule has 1 aromatic heterocycles. The number of rotatable bonds is 7. The Labute approximate surface area is 378 Å². The Hall–Kier alpha value is -8.46. The van der Waals surface area contributed by atoms with Crippen LogP contribution in [-0.4, -0.2) is 4.57 Å². The lowest BCUT2D eigenvalue weighted by Crippen LogP contribution is -2.28. The van der Waals surface area contributed by atoms with Gasteiger partial charge >= 0.3 is 0 Å². The first-order valence-electron chi connectivity index (χ1n) is 22.5. The summed E-state index contributed by atoms with van der Waals surface area (Å²) in [6.07, 6.45) is 0. The maximum Gasteiger partial charge on any atom is 0.0714 e. The van der Waals surface area contributed by atoms with Crippen molar-refractivity contribution in [2.24, 2.45) is 0 Å². The van der Waals surface area contributed by atoms with E-state index in [0.29, 0.717) is 0 Å². The van der Waals surface area contributed by atoms with E-state index in [1.165, 1.54) is 87.9 Å². The second kappa shape index (κ2) is 14.8. The largest absolute Gasteiger partial charge is 0.310 e. The van der Waals surface area contributed by atoms with Crippen LogP contribution < -0.4 is 4.90 Å². The molecule has 2 heteroatoms. The van der Waals surface area contributed by atoms with Gasteiger partial charge in [-0.2, -0.15) is 0 Å². The van der Waals surface area contributed by atoms with E-state index in [1.54, 1.807) is 0 Å². The van der Waals surface area contributed by atoms with E-state index in [2.05, 4.69) is 264 Å². The number of nitrogens with zero attached hydrogens (tertiary/aromatic N) is 2. The Kier molecular flexibility index (Phi) is 8.47. The Morgan fingerprint density at radius 1 is 0.308 bits per heavy atom. The number of benzene rings is 11. The average Bonchev–Trinajstić information content (AvgIpc) is 3.88. The van der Waals surface area contributed by atoms with Crippen molar-refractivity contribution in [1.29, 1.82) is 0 Å². The molecule has 304 valence electrons. The Morgan fingerprint density at radius 3 is 1.52 bits per heavy atom. The molecular weight excluding hydrogens is 785 g/mol. The van der Waals surface area contributed by atoms with Gasteiger partial charge in [-0.05, 0) is 127 Å². The third kappa shape index (κ3) is 5.67. The van der Waals surface area contributed by atoms with E-state index in [9.17, 15) is 0 Å². The van der Waals surface area contributed by atoms with E-state index in [1.807, 2.05) is 0 Å². The molecule has 2 nitrogen and oxygen atoms in total. The molecule has 0 saturated carbocycles. The molecule has 1 aliphatic carbocycles. The number of anilines is 3. The summed E-state index contributed by atoms with van der Waals surface area (Å²) in [5, 5.41) is 7.58. The second-order valence-electron chi connectivity index (χ2n) is 17.2. The van der Waals surface area contributed by atoms with Gasteiger partial charge in [0, 0.05) is 33.5 Å². The number of hydrogen-bond donors (Lipinski definition) is 0. The summed E-state index contributed by atoms with van der Waals surface area (Å²) in [6.45, 7) is 0. The highest BCUT2D eigenvalue weighted by atomic mass is 15.1. The van der Waals surface area contributed by atoms with Gasteiger partial charge in [0.2, 0.25) is 0 Å². The van der Waals surface area contributed by atoms with Crippen LogP contribution in [0, 0.1) is 0 Å². The molecule has 1 aliphatic rings. The molecular formula is C63H42N2. The van der Waals surface area contributed by atoms with Crippen molar-refractivity contribution in [2.45, 2.75) is 5.41 Å². The quantitative estimate of drug-likeness (QED) is 0.145. The van der Waals surface area contributed by atoms with Gasteiger partial charge in [0.1, 0.15) is 0 Å². The van der Waals surface area contributed by atoms with Crippen molar-refractivity contribution < 1.29 is 0 Å². The minimum atomic E-state index is -0.515. The Balaban J connectivity index is 1.00. The van der Waals surface area contributed by atoms with Gasteiger partial charge in [-0.25, -0.2) is 0 Å². The zero-order chi connectivity index (χ0) is 42.9. The van der Waals surface area contributed by atoms with E-state index < -0.39 is 5.41 Å². The molecule has 12 aromatic rings. The molecule has 0 aliphatic heterocycles. The van der Waals surface area contributed by atoms with Crippen molar-refractivity contribution >= 4 is 60.4 Å². The lowest BCUT2D eigenvalue weighted by molar-refractivity contribution is 0.768. The smallest absolute Gasteiger partial charge is 0.0714 e. The van der Waals surface area contributed by atoms with Crippen molar-refractivity contribution in [1.82, 2.24) is 4.57 Å². The standard InChI is InChI=1S/C63H42N2/c1-3-17-45(18-4-1)63(46-19-5-2-6-20-46)59-27-12-9-22-55(59)56-41-39-50(42-60(56)63)64(48-35-37-49(38-36-48)65-61-28-13-10-23-57(61)58-24-11-14-29-62(58)65)47-33-30-44(31-34-47)52-25-15-26-53-51-21-8-7-16-43(51)32-40-54(52)53/h1-42H. The summed E-state index contributed by atoms with van der Waals surface area (Å²) in [5.41, 5.74) is 16.3. The maximum atomic E-state index is 2.46. The van der Waals surface area contributed by atoms with Crippen molar-refractivity contribution in [2.75, 3.05) is 4.90 Å². The lowest BCUT2D eigenvalue weighted by atomic mass is 9.67. The van der Waals surface area contributed by atoms with Crippen LogP contribution in [0.4, 0.5) is 17.1 Å². The minimum Gasteiger partial charge on any atom is -0.310 e. The van der Waals surface area contributed by atoms with Gasteiger partial charge in [0.15, 0.2) is 0 Å². The molecule has 1 heterocycles. The molecule has 0 amide bonds. The van der Waals surface area contributed by atoms with Gasteiger partial charge in [-0.1, -0.05) is 194 Å². The first-order valence-corrected chi connectivity index (χ1v) is 22.5. The third-order valence-electron chi connectivity index (χ3n) is 13.9. The van der Waals surface area contributed by atoms with Crippen LogP contribution in [0.2, 0.25) is 0 Å². The highest BCUT2D eigenvalue weighted by Gasteiger charge is 2.46. The summed E-state index contributed by atoms with van der Waals surface area (Å²) >= 11 is 0. The first-order chi connectivity index (χ1) is 32.3. The second-order valence-corrected chi connectivity index (χ2v) is 17.2. The first kappa shape index (κ1) is 37.1. The molecule has 65 heavy (non-hydrogen) atoms. The fraction of sp³-hybridized carbons (Fsp3) is 0.0159. The average molecular weight is 827 g/mol. The van der Waals surface area contributed by atoms with Crippen LogP contribution in [0.5, 0.6) is 0 Å². The minimum absolute atomic E-state index is 0.515.